The van der Waals surface area contributed by atoms with Crippen molar-refractivity contribution in [2.45, 2.75) is 6.29 Å². The second kappa shape index (κ2) is 4.73. The molecule has 0 unspecified atom stereocenters. The van der Waals surface area contributed by atoms with E-state index in [0.29, 0.717) is 0 Å². The zero-order valence-corrected chi connectivity index (χ0v) is 5.36. The van der Waals surface area contributed by atoms with Gasteiger partial charge in [-0.15, -0.1) is 0 Å². The van der Waals surface area contributed by atoms with Crippen LogP contribution >= 0.6 is 25.8 Å². The Bertz CT molecular complexity index is 35.2. The Morgan fingerprint density at radius 2 is 1.86 bits per heavy atom. The van der Waals surface area contributed by atoms with Gasteiger partial charge in [0, 0.05) is 6.54 Å². The Kier molecular flexibility index (Phi) is 5.12. The fraction of sp³-hybridized carbons (Fsp3) is 1.00. The van der Waals surface area contributed by atoms with Crippen LogP contribution in [-0.4, -0.2) is 12.8 Å². The number of rotatable bonds is 3. The molecule has 0 heterocycles. The lowest BCUT2D eigenvalue weighted by Gasteiger charge is -2.04. The maximum Gasteiger partial charge on any atom is 0.194 e. The van der Waals surface area contributed by atoms with Crippen molar-refractivity contribution < 1.29 is 8.37 Å². The molecular weight excluding hydrogens is 134 g/mol. The van der Waals surface area contributed by atoms with Gasteiger partial charge in [-0.05, 0) is 25.8 Å². The molecule has 0 rings (SSSR count). The van der Waals surface area contributed by atoms with E-state index in [2.05, 4.69) is 34.2 Å². The molecule has 0 aliphatic heterocycles. The highest BCUT2D eigenvalue weighted by Gasteiger charge is 1.99. The van der Waals surface area contributed by atoms with Crippen LogP contribution in [0.1, 0.15) is 0 Å². The maximum absolute atomic E-state index is 5.05. The molecule has 7 heavy (non-hydrogen) atoms. The first-order valence-corrected chi connectivity index (χ1v) is 2.38. The normalized spacial score (nSPS) is 10.3. The zero-order chi connectivity index (χ0) is 5.70. The van der Waals surface area contributed by atoms with Crippen LogP contribution in [0.25, 0.3) is 0 Å². The highest BCUT2D eigenvalue weighted by atomic mass is 32.1. The minimum absolute atomic E-state index is 0.257. The standard InChI is InChI=1S/C2H7NO2S2/c3-1-2(4-6)5-7/h2,6-7H,1,3H2. The summed E-state index contributed by atoms with van der Waals surface area (Å²) in [7, 11) is 0. The summed E-state index contributed by atoms with van der Waals surface area (Å²) < 4.78 is 8.64. The highest BCUT2D eigenvalue weighted by Crippen LogP contribution is 1.95. The second-order valence-corrected chi connectivity index (χ2v) is 1.30. The number of hydrogen-bond acceptors (Lipinski definition) is 5. The van der Waals surface area contributed by atoms with Crippen molar-refractivity contribution in [3.8, 4) is 0 Å². The molecule has 5 heteroatoms. The second-order valence-electron chi connectivity index (χ2n) is 0.876. The van der Waals surface area contributed by atoms with Gasteiger partial charge < -0.3 is 5.73 Å². The van der Waals surface area contributed by atoms with Gasteiger partial charge in [-0.3, -0.25) is 8.37 Å². The van der Waals surface area contributed by atoms with E-state index in [1.807, 2.05) is 0 Å². The molecule has 0 fully saturated rings. The predicted octanol–water partition coefficient (Wildman–Crippen LogP) is -0.00600. The third kappa shape index (κ3) is 3.19. The first kappa shape index (κ1) is 7.58. The van der Waals surface area contributed by atoms with Crippen LogP contribution in [0.4, 0.5) is 0 Å². The van der Waals surface area contributed by atoms with Crippen molar-refractivity contribution in [2.24, 2.45) is 5.73 Å². The number of nitrogens with two attached hydrogens (primary N) is 1. The van der Waals surface area contributed by atoms with Crippen molar-refractivity contribution in [3.63, 3.8) is 0 Å². The minimum atomic E-state index is -0.508. The molecule has 0 amide bonds. The summed E-state index contributed by atoms with van der Waals surface area (Å²) >= 11 is 6.84. The van der Waals surface area contributed by atoms with Crippen LogP contribution in [0.2, 0.25) is 0 Å². The minimum Gasteiger partial charge on any atom is -0.326 e. The third-order valence-electron chi connectivity index (χ3n) is 0.428. The molecule has 0 aromatic carbocycles. The van der Waals surface area contributed by atoms with Crippen LogP contribution in [-0.2, 0) is 8.37 Å². The van der Waals surface area contributed by atoms with Gasteiger partial charge in [-0.1, -0.05) is 0 Å². The fourth-order valence-corrected chi connectivity index (χ4v) is 0.431. The van der Waals surface area contributed by atoms with Gasteiger partial charge in [0.15, 0.2) is 6.29 Å². The molecule has 0 saturated carbocycles. The molecule has 2 N–H and O–H groups in total. The third-order valence-corrected chi connectivity index (χ3v) is 0.898. The van der Waals surface area contributed by atoms with Crippen molar-refractivity contribution in [2.75, 3.05) is 6.54 Å². The van der Waals surface area contributed by atoms with Gasteiger partial charge in [0.05, 0.1) is 0 Å². The molecule has 0 aromatic heterocycles. The number of hydrogen-bond donors (Lipinski definition) is 3. The van der Waals surface area contributed by atoms with E-state index < -0.39 is 6.29 Å². The molecule has 0 bridgehead atoms. The van der Waals surface area contributed by atoms with E-state index in [-0.39, 0.29) is 6.54 Å². The first-order valence-electron chi connectivity index (χ1n) is 1.65. The Morgan fingerprint density at radius 3 is 1.86 bits per heavy atom. The van der Waals surface area contributed by atoms with E-state index >= 15 is 0 Å². The van der Waals surface area contributed by atoms with Crippen LogP contribution in [0, 0.1) is 0 Å². The lowest BCUT2D eigenvalue weighted by Crippen LogP contribution is -2.20. The summed E-state index contributed by atoms with van der Waals surface area (Å²) in [6, 6.07) is 0. The van der Waals surface area contributed by atoms with E-state index in [4.69, 9.17) is 5.73 Å². The molecule has 0 radical (unpaired) electrons. The van der Waals surface area contributed by atoms with Gasteiger partial charge in [0.1, 0.15) is 0 Å². The molecule has 44 valence electrons. The maximum atomic E-state index is 5.05. The summed E-state index contributed by atoms with van der Waals surface area (Å²) in [5.41, 5.74) is 5.05. The van der Waals surface area contributed by atoms with Crippen LogP contribution in [0.5, 0.6) is 0 Å². The summed E-state index contributed by atoms with van der Waals surface area (Å²) in [6.45, 7) is 0.257. The Labute approximate surface area is 53.4 Å². The largest absolute Gasteiger partial charge is 0.326 e. The average molecular weight is 141 g/mol. The molecular formula is C2H7NO2S2. The van der Waals surface area contributed by atoms with Crippen LogP contribution in [0.3, 0.4) is 0 Å². The Morgan fingerprint density at radius 1 is 1.43 bits per heavy atom. The van der Waals surface area contributed by atoms with Gasteiger partial charge in [-0.2, -0.15) is 0 Å². The number of thiol groups is 2. The molecule has 0 aromatic rings. The average Bonchev–Trinajstić information content (AvgIpc) is 1.72. The van der Waals surface area contributed by atoms with Crippen molar-refractivity contribution in [1.29, 1.82) is 0 Å². The monoisotopic (exact) mass is 141 g/mol. The van der Waals surface area contributed by atoms with Gasteiger partial charge in [-0.25, -0.2) is 0 Å². The van der Waals surface area contributed by atoms with E-state index in [9.17, 15) is 0 Å². The zero-order valence-electron chi connectivity index (χ0n) is 3.57. The molecule has 0 aliphatic carbocycles. The van der Waals surface area contributed by atoms with Gasteiger partial charge >= 0.3 is 0 Å². The van der Waals surface area contributed by atoms with Crippen molar-refractivity contribution in [3.05, 3.63) is 0 Å². The first-order chi connectivity index (χ1) is 3.35. The van der Waals surface area contributed by atoms with E-state index in [0.717, 1.165) is 0 Å². The lowest BCUT2D eigenvalue weighted by molar-refractivity contribution is 0.0564. The van der Waals surface area contributed by atoms with E-state index in [1.54, 1.807) is 0 Å². The lowest BCUT2D eigenvalue weighted by atomic mass is 10.7. The Hall–Kier alpha value is 0.580. The highest BCUT2D eigenvalue weighted by molar-refractivity contribution is 7.75. The predicted molar refractivity (Wildman–Crippen MR) is 33.0 cm³/mol. The van der Waals surface area contributed by atoms with Crippen LogP contribution in [0.15, 0.2) is 0 Å². The summed E-state index contributed by atoms with van der Waals surface area (Å²) in [6.07, 6.45) is -0.508. The van der Waals surface area contributed by atoms with Crippen molar-refractivity contribution in [1.82, 2.24) is 0 Å². The SMILES string of the molecule is NCC(OS)OS. The Balaban J connectivity index is 2.99. The van der Waals surface area contributed by atoms with E-state index in [1.165, 1.54) is 0 Å². The molecule has 0 spiro atoms. The van der Waals surface area contributed by atoms with Gasteiger partial charge in [0.25, 0.3) is 0 Å². The summed E-state index contributed by atoms with van der Waals surface area (Å²) in [4.78, 5) is 0. The topological polar surface area (TPSA) is 44.5 Å². The summed E-state index contributed by atoms with van der Waals surface area (Å²) in [5, 5.41) is 0. The van der Waals surface area contributed by atoms with Crippen LogP contribution < -0.4 is 5.73 Å². The fourth-order valence-electron chi connectivity index (χ4n) is 0.105. The smallest absolute Gasteiger partial charge is 0.194 e. The summed E-state index contributed by atoms with van der Waals surface area (Å²) in [5.74, 6) is 0. The molecule has 0 atom stereocenters. The molecule has 0 saturated heterocycles. The van der Waals surface area contributed by atoms with Crippen molar-refractivity contribution >= 4 is 25.8 Å². The molecule has 3 nitrogen and oxygen atoms in total. The quantitative estimate of drug-likeness (QED) is 0.294. The molecule has 0 aliphatic rings. The van der Waals surface area contributed by atoms with Gasteiger partial charge in [0.2, 0.25) is 0 Å².